The molecular formula is C9H13N5O3. The van der Waals surface area contributed by atoms with Gasteiger partial charge in [-0.1, -0.05) is 0 Å². The number of nitrogen functional groups attached to an aromatic ring is 1. The Kier molecular flexibility index (Phi) is 2.86. The van der Waals surface area contributed by atoms with Crippen LogP contribution in [0.2, 0.25) is 0 Å². The summed E-state index contributed by atoms with van der Waals surface area (Å²) in [5.74, 6) is 0.105. The molecule has 1 aliphatic rings. The van der Waals surface area contributed by atoms with Crippen LogP contribution in [0.5, 0.6) is 0 Å². The Balaban J connectivity index is 2.13. The minimum atomic E-state index is -0.359. The Bertz CT molecular complexity index is 498. The second-order valence-corrected chi connectivity index (χ2v) is 3.70. The number of nitrogens with two attached hydrogens (primary N) is 1. The summed E-state index contributed by atoms with van der Waals surface area (Å²) in [4.78, 5) is 28.6. The van der Waals surface area contributed by atoms with E-state index in [1.54, 1.807) is 0 Å². The van der Waals surface area contributed by atoms with Gasteiger partial charge in [0.05, 0.1) is 6.04 Å². The molecule has 8 heteroatoms. The monoisotopic (exact) mass is 239 g/mol. The molecule has 0 bridgehead atoms. The first-order valence-electron chi connectivity index (χ1n) is 5.10. The van der Waals surface area contributed by atoms with E-state index in [1.807, 2.05) is 0 Å². The molecule has 8 nitrogen and oxygen atoms in total. The Morgan fingerprint density at radius 2 is 2.41 bits per heavy atom. The van der Waals surface area contributed by atoms with Gasteiger partial charge in [0.15, 0.2) is 5.82 Å². The number of fused-ring (bicyclic) bond motifs is 1. The zero-order valence-electron chi connectivity index (χ0n) is 9.24. The summed E-state index contributed by atoms with van der Waals surface area (Å²) in [6.07, 6.45) is 0. The molecule has 0 aromatic carbocycles. The Morgan fingerprint density at radius 1 is 1.65 bits per heavy atom. The zero-order valence-corrected chi connectivity index (χ0v) is 9.24. The Hall–Kier alpha value is -2.25. The SMILES string of the molecule is CC(=O)OCC1CNc2nc(N)[nH]c(=O)c2N1. The van der Waals surface area contributed by atoms with Crippen LogP contribution >= 0.6 is 0 Å². The lowest BCUT2D eigenvalue weighted by atomic mass is 10.2. The van der Waals surface area contributed by atoms with Crippen molar-refractivity contribution >= 4 is 23.4 Å². The average Bonchev–Trinajstić information content (AvgIpc) is 2.26. The molecule has 5 N–H and O–H groups in total. The van der Waals surface area contributed by atoms with E-state index in [2.05, 4.69) is 20.6 Å². The smallest absolute Gasteiger partial charge is 0.302 e. The summed E-state index contributed by atoms with van der Waals surface area (Å²) in [7, 11) is 0. The van der Waals surface area contributed by atoms with Crippen LogP contribution < -0.4 is 21.9 Å². The van der Waals surface area contributed by atoms with Crippen LogP contribution in [0, 0.1) is 0 Å². The van der Waals surface area contributed by atoms with Crippen molar-refractivity contribution in [2.45, 2.75) is 13.0 Å². The Morgan fingerprint density at radius 3 is 3.12 bits per heavy atom. The van der Waals surface area contributed by atoms with Gasteiger partial charge in [0.2, 0.25) is 5.95 Å². The third-order valence-corrected chi connectivity index (χ3v) is 2.29. The first-order valence-corrected chi connectivity index (χ1v) is 5.10. The molecule has 1 atom stereocenters. The molecule has 0 aliphatic carbocycles. The van der Waals surface area contributed by atoms with E-state index in [-0.39, 0.29) is 30.1 Å². The van der Waals surface area contributed by atoms with Gasteiger partial charge in [-0.3, -0.25) is 14.6 Å². The molecular weight excluding hydrogens is 226 g/mol. The zero-order chi connectivity index (χ0) is 12.4. The van der Waals surface area contributed by atoms with Crippen LogP contribution in [0.25, 0.3) is 0 Å². The minimum absolute atomic E-state index is 0.0569. The normalized spacial score (nSPS) is 17.6. The molecule has 2 heterocycles. The summed E-state index contributed by atoms with van der Waals surface area (Å²) in [5, 5.41) is 5.90. The van der Waals surface area contributed by atoms with E-state index in [0.717, 1.165) is 0 Å². The van der Waals surface area contributed by atoms with Crippen molar-refractivity contribution in [3.8, 4) is 0 Å². The molecule has 0 fully saturated rings. The molecule has 0 spiro atoms. The van der Waals surface area contributed by atoms with Crippen LogP contribution in [0.3, 0.4) is 0 Å². The number of nitrogens with one attached hydrogen (secondary N) is 3. The maximum Gasteiger partial charge on any atom is 0.302 e. The lowest BCUT2D eigenvalue weighted by molar-refractivity contribution is -0.141. The third-order valence-electron chi connectivity index (χ3n) is 2.29. The van der Waals surface area contributed by atoms with Crippen molar-refractivity contribution in [1.82, 2.24) is 9.97 Å². The predicted octanol–water partition coefficient (Wildman–Crippen LogP) is -0.879. The third kappa shape index (κ3) is 2.47. The molecule has 0 amide bonds. The van der Waals surface area contributed by atoms with E-state index in [4.69, 9.17) is 10.5 Å². The Labute approximate surface area is 96.6 Å². The van der Waals surface area contributed by atoms with Gasteiger partial charge in [-0.2, -0.15) is 4.98 Å². The molecule has 0 saturated heterocycles. The highest BCUT2D eigenvalue weighted by Gasteiger charge is 2.22. The quantitative estimate of drug-likeness (QED) is 0.494. The molecule has 1 aromatic rings. The van der Waals surface area contributed by atoms with Crippen molar-refractivity contribution < 1.29 is 9.53 Å². The minimum Gasteiger partial charge on any atom is -0.464 e. The fourth-order valence-electron chi connectivity index (χ4n) is 1.55. The molecule has 17 heavy (non-hydrogen) atoms. The molecule has 1 aliphatic heterocycles. The fourth-order valence-corrected chi connectivity index (χ4v) is 1.55. The second kappa shape index (κ2) is 4.32. The highest BCUT2D eigenvalue weighted by atomic mass is 16.5. The maximum atomic E-state index is 11.6. The number of hydrogen-bond donors (Lipinski definition) is 4. The van der Waals surface area contributed by atoms with Gasteiger partial charge in [0, 0.05) is 13.5 Å². The topological polar surface area (TPSA) is 122 Å². The van der Waals surface area contributed by atoms with Gasteiger partial charge in [0.1, 0.15) is 12.3 Å². The standard InChI is InChI=1S/C9H13N5O3/c1-4(15)17-3-5-2-11-7-6(12-5)8(16)14-9(10)13-7/h5,12H,2-3H2,1H3,(H4,10,11,13,14,16). The molecule has 1 aromatic heterocycles. The van der Waals surface area contributed by atoms with Gasteiger partial charge >= 0.3 is 5.97 Å². The number of anilines is 3. The molecule has 2 rings (SSSR count). The summed E-state index contributed by atoms with van der Waals surface area (Å²) in [6.45, 7) is 2.01. The van der Waals surface area contributed by atoms with Crippen molar-refractivity contribution in [2.75, 3.05) is 29.5 Å². The number of aromatic nitrogens is 2. The number of aromatic amines is 1. The lowest BCUT2D eigenvalue weighted by Gasteiger charge is -2.26. The van der Waals surface area contributed by atoms with Gasteiger partial charge in [-0.25, -0.2) is 0 Å². The predicted molar refractivity (Wildman–Crippen MR) is 61.8 cm³/mol. The molecule has 0 radical (unpaired) electrons. The highest BCUT2D eigenvalue weighted by Crippen LogP contribution is 2.19. The largest absolute Gasteiger partial charge is 0.464 e. The van der Waals surface area contributed by atoms with E-state index in [0.29, 0.717) is 18.1 Å². The van der Waals surface area contributed by atoms with E-state index in [1.165, 1.54) is 6.92 Å². The summed E-state index contributed by atoms with van der Waals surface area (Å²) in [6, 6.07) is -0.169. The number of ether oxygens (including phenoxy) is 1. The average molecular weight is 239 g/mol. The first-order chi connectivity index (χ1) is 8.06. The van der Waals surface area contributed by atoms with Crippen molar-refractivity contribution in [1.29, 1.82) is 0 Å². The molecule has 0 saturated carbocycles. The van der Waals surface area contributed by atoms with Crippen molar-refractivity contribution in [2.24, 2.45) is 0 Å². The molecule has 1 unspecified atom stereocenters. The summed E-state index contributed by atoms with van der Waals surface area (Å²) in [5.41, 5.74) is 5.37. The fraction of sp³-hybridized carbons (Fsp3) is 0.444. The van der Waals surface area contributed by atoms with Gasteiger partial charge in [-0.05, 0) is 0 Å². The van der Waals surface area contributed by atoms with Gasteiger partial charge in [-0.15, -0.1) is 0 Å². The maximum absolute atomic E-state index is 11.6. The number of carbonyl (C=O) groups excluding carboxylic acids is 1. The first kappa shape index (κ1) is 11.2. The van der Waals surface area contributed by atoms with E-state index >= 15 is 0 Å². The number of carbonyl (C=O) groups is 1. The van der Waals surface area contributed by atoms with Crippen molar-refractivity contribution in [3.63, 3.8) is 0 Å². The van der Waals surface area contributed by atoms with Gasteiger partial charge < -0.3 is 21.1 Å². The van der Waals surface area contributed by atoms with Crippen LogP contribution in [0.15, 0.2) is 4.79 Å². The number of rotatable bonds is 2. The van der Waals surface area contributed by atoms with Crippen molar-refractivity contribution in [3.05, 3.63) is 10.4 Å². The van der Waals surface area contributed by atoms with Crippen LogP contribution in [0.4, 0.5) is 17.5 Å². The lowest BCUT2D eigenvalue weighted by Crippen LogP contribution is -2.40. The number of nitrogens with zero attached hydrogens (tertiary/aromatic N) is 1. The number of esters is 1. The summed E-state index contributed by atoms with van der Waals surface area (Å²) >= 11 is 0. The second-order valence-electron chi connectivity index (χ2n) is 3.70. The number of hydrogen-bond acceptors (Lipinski definition) is 7. The summed E-state index contributed by atoms with van der Waals surface area (Å²) < 4.78 is 4.86. The van der Waals surface area contributed by atoms with E-state index in [9.17, 15) is 9.59 Å². The molecule has 92 valence electrons. The highest BCUT2D eigenvalue weighted by molar-refractivity contribution is 5.68. The van der Waals surface area contributed by atoms with Gasteiger partial charge in [0.25, 0.3) is 5.56 Å². The number of H-pyrrole nitrogens is 1. The van der Waals surface area contributed by atoms with E-state index < -0.39 is 0 Å². The van der Waals surface area contributed by atoms with Crippen LogP contribution in [-0.4, -0.2) is 35.1 Å². The van der Waals surface area contributed by atoms with Crippen LogP contribution in [-0.2, 0) is 9.53 Å². The van der Waals surface area contributed by atoms with Crippen LogP contribution in [0.1, 0.15) is 6.92 Å².